The second-order valence-electron chi connectivity index (χ2n) is 6.23. The Morgan fingerprint density at radius 3 is 2.48 bits per heavy atom. The maximum atomic E-state index is 12.5. The van der Waals surface area contributed by atoms with Gasteiger partial charge in [-0.2, -0.15) is 0 Å². The van der Waals surface area contributed by atoms with Crippen LogP contribution < -0.4 is 0 Å². The Bertz CT molecular complexity index is 705. The molecule has 25 heavy (non-hydrogen) atoms. The quantitative estimate of drug-likeness (QED) is 0.812. The van der Waals surface area contributed by atoms with Gasteiger partial charge in [0, 0.05) is 43.3 Å². The molecule has 2 aromatic rings. The van der Waals surface area contributed by atoms with Gasteiger partial charge in [-0.05, 0) is 25.5 Å². The fourth-order valence-electron chi connectivity index (χ4n) is 3.02. The van der Waals surface area contributed by atoms with E-state index >= 15 is 0 Å². The standard InChI is InChI=1S/C18H22ClN3O2.ClH/c1-13-16(14(2)24-20-13)12-21-7-9-22(10-8-21)18(23)11-15-5-3-4-6-17(15)19;/h3-6H,7-12H2,1-2H3;1H. The number of piperazine rings is 1. The van der Waals surface area contributed by atoms with Crippen LogP contribution in [0.15, 0.2) is 28.8 Å². The van der Waals surface area contributed by atoms with Crippen LogP contribution in [-0.2, 0) is 17.8 Å². The molecule has 0 aliphatic carbocycles. The van der Waals surface area contributed by atoms with E-state index in [1.54, 1.807) is 0 Å². The number of aryl methyl sites for hydroxylation is 2. The highest BCUT2D eigenvalue weighted by Gasteiger charge is 2.23. The molecule has 0 unspecified atom stereocenters. The largest absolute Gasteiger partial charge is 0.361 e. The van der Waals surface area contributed by atoms with Crippen LogP contribution in [-0.4, -0.2) is 47.0 Å². The van der Waals surface area contributed by atoms with E-state index in [2.05, 4.69) is 10.1 Å². The first-order valence-corrected chi connectivity index (χ1v) is 8.57. The van der Waals surface area contributed by atoms with Crippen LogP contribution in [0, 0.1) is 13.8 Å². The van der Waals surface area contributed by atoms with Crippen LogP contribution >= 0.6 is 24.0 Å². The maximum absolute atomic E-state index is 12.5. The summed E-state index contributed by atoms with van der Waals surface area (Å²) in [5.41, 5.74) is 3.00. The van der Waals surface area contributed by atoms with Crippen molar-refractivity contribution in [3.05, 3.63) is 51.9 Å². The Labute approximate surface area is 159 Å². The second-order valence-corrected chi connectivity index (χ2v) is 6.64. The average molecular weight is 384 g/mol. The predicted molar refractivity (Wildman–Crippen MR) is 100 cm³/mol. The predicted octanol–water partition coefficient (Wildman–Crippen LogP) is 3.25. The third kappa shape index (κ3) is 4.75. The van der Waals surface area contributed by atoms with Crippen molar-refractivity contribution in [2.24, 2.45) is 0 Å². The topological polar surface area (TPSA) is 49.6 Å². The Morgan fingerprint density at radius 1 is 1.20 bits per heavy atom. The van der Waals surface area contributed by atoms with Crippen LogP contribution in [0.5, 0.6) is 0 Å². The number of carbonyl (C=O) groups is 1. The molecule has 1 fully saturated rings. The fourth-order valence-corrected chi connectivity index (χ4v) is 3.23. The molecule has 5 nitrogen and oxygen atoms in total. The molecule has 1 aliphatic rings. The van der Waals surface area contributed by atoms with E-state index in [1.807, 2.05) is 43.0 Å². The summed E-state index contributed by atoms with van der Waals surface area (Å²) >= 11 is 6.15. The van der Waals surface area contributed by atoms with Gasteiger partial charge in [0.25, 0.3) is 0 Å². The van der Waals surface area contributed by atoms with E-state index in [0.717, 1.165) is 55.3 Å². The molecule has 0 bridgehead atoms. The van der Waals surface area contributed by atoms with E-state index < -0.39 is 0 Å². The summed E-state index contributed by atoms with van der Waals surface area (Å²) in [7, 11) is 0. The summed E-state index contributed by atoms with van der Waals surface area (Å²) in [5.74, 6) is 1.02. The van der Waals surface area contributed by atoms with Crippen molar-refractivity contribution >= 4 is 29.9 Å². The molecule has 0 spiro atoms. The SMILES string of the molecule is Cc1noc(C)c1CN1CCN(C(=O)Cc2ccccc2Cl)CC1.Cl. The zero-order chi connectivity index (χ0) is 17.1. The van der Waals surface area contributed by atoms with Gasteiger partial charge >= 0.3 is 0 Å². The number of aromatic nitrogens is 1. The molecule has 1 aliphatic heterocycles. The average Bonchev–Trinajstić information content (AvgIpc) is 2.89. The van der Waals surface area contributed by atoms with Crippen LogP contribution in [0.4, 0.5) is 0 Å². The Morgan fingerprint density at radius 2 is 1.88 bits per heavy atom. The lowest BCUT2D eigenvalue weighted by atomic mass is 10.1. The number of halogens is 2. The van der Waals surface area contributed by atoms with Crippen LogP contribution in [0.3, 0.4) is 0 Å². The monoisotopic (exact) mass is 383 g/mol. The number of rotatable bonds is 4. The first-order chi connectivity index (χ1) is 11.5. The van der Waals surface area contributed by atoms with E-state index in [-0.39, 0.29) is 18.3 Å². The highest BCUT2D eigenvalue weighted by molar-refractivity contribution is 6.31. The van der Waals surface area contributed by atoms with Gasteiger partial charge < -0.3 is 9.42 Å². The number of carbonyl (C=O) groups excluding carboxylic acids is 1. The summed E-state index contributed by atoms with van der Waals surface area (Å²) < 4.78 is 5.22. The molecule has 0 atom stereocenters. The molecule has 136 valence electrons. The van der Waals surface area contributed by atoms with E-state index in [9.17, 15) is 4.79 Å². The molecule has 0 N–H and O–H groups in total. The minimum Gasteiger partial charge on any atom is -0.361 e. The minimum atomic E-state index is 0. The number of hydrogen-bond donors (Lipinski definition) is 0. The molecule has 3 rings (SSSR count). The molecular weight excluding hydrogens is 361 g/mol. The van der Waals surface area contributed by atoms with E-state index in [4.69, 9.17) is 16.1 Å². The van der Waals surface area contributed by atoms with Gasteiger partial charge in [0.15, 0.2) is 0 Å². The lowest BCUT2D eigenvalue weighted by Gasteiger charge is -2.34. The van der Waals surface area contributed by atoms with Crippen LogP contribution in [0.25, 0.3) is 0 Å². The third-order valence-electron chi connectivity index (χ3n) is 4.59. The van der Waals surface area contributed by atoms with Crippen molar-refractivity contribution < 1.29 is 9.32 Å². The molecule has 1 aromatic heterocycles. The minimum absolute atomic E-state index is 0. The van der Waals surface area contributed by atoms with Crippen molar-refractivity contribution in [2.45, 2.75) is 26.8 Å². The molecular formula is C18H23Cl2N3O2. The first-order valence-electron chi connectivity index (χ1n) is 8.20. The number of benzene rings is 1. The molecule has 0 saturated carbocycles. The highest BCUT2D eigenvalue weighted by atomic mass is 35.5. The van der Waals surface area contributed by atoms with Crippen molar-refractivity contribution in [3.8, 4) is 0 Å². The lowest BCUT2D eigenvalue weighted by molar-refractivity contribution is -0.132. The molecule has 1 saturated heterocycles. The second kappa shape index (κ2) is 8.70. The van der Waals surface area contributed by atoms with Gasteiger partial charge in [-0.25, -0.2) is 0 Å². The summed E-state index contributed by atoms with van der Waals surface area (Å²) in [4.78, 5) is 16.7. The Kier molecular flexibility index (Phi) is 6.87. The van der Waals surface area contributed by atoms with E-state index in [1.165, 1.54) is 0 Å². The van der Waals surface area contributed by atoms with Gasteiger partial charge in [0.2, 0.25) is 5.91 Å². The number of nitrogens with zero attached hydrogens (tertiary/aromatic N) is 3. The maximum Gasteiger partial charge on any atom is 0.227 e. The van der Waals surface area contributed by atoms with Gasteiger partial charge in [0.1, 0.15) is 5.76 Å². The molecule has 1 aromatic carbocycles. The van der Waals surface area contributed by atoms with Crippen molar-refractivity contribution in [2.75, 3.05) is 26.2 Å². The zero-order valence-electron chi connectivity index (χ0n) is 14.5. The van der Waals surface area contributed by atoms with E-state index in [0.29, 0.717) is 11.4 Å². The van der Waals surface area contributed by atoms with Crippen LogP contribution in [0.2, 0.25) is 5.02 Å². The third-order valence-corrected chi connectivity index (χ3v) is 4.96. The van der Waals surface area contributed by atoms with Crippen molar-refractivity contribution in [1.82, 2.24) is 15.0 Å². The molecule has 1 amide bonds. The summed E-state index contributed by atoms with van der Waals surface area (Å²) in [6.45, 7) is 7.94. The van der Waals surface area contributed by atoms with Gasteiger partial charge in [0.05, 0.1) is 12.1 Å². The lowest BCUT2D eigenvalue weighted by Crippen LogP contribution is -2.48. The Balaban J connectivity index is 0.00000225. The number of amides is 1. The summed E-state index contributed by atoms with van der Waals surface area (Å²) in [6, 6.07) is 7.53. The molecule has 2 heterocycles. The fraction of sp³-hybridized carbons (Fsp3) is 0.444. The zero-order valence-corrected chi connectivity index (χ0v) is 16.1. The summed E-state index contributed by atoms with van der Waals surface area (Å²) in [6.07, 6.45) is 0.365. The normalized spacial score (nSPS) is 15.1. The smallest absolute Gasteiger partial charge is 0.227 e. The first kappa shape index (κ1) is 19.8. The molecule has 0 radical (unpaired) electrons. The number of hydrogen-bond acceptors (Lipinski definition) is 4. The van der Waals surface area contributed by atoms with Gasteiger partial charge in [-0.3, -0.25) is 9.69 Å². The van der Waals surface area contributed by atoms with Gasteiger partial charge in [-0.15, -0.1) is 12.4 Å². The van der Waals surface area contributed by atoms with Crippen LogP contribution in [0.1, 0.15) is 22.6 Å². The van der Waals surface area contributed by atoms with Crippen molar-refractivity contribution in [1.29, 1.82) is 0 Å². The highest BCUT2D eigenvalue weighted by Crippen LogP contribution is 2.18. The summed E-state index contributed by atoms with van der Waals surface area (Å²) in [5, 5.41) is 4.66. The van der Waals surface area contributed by atoms with Gasteiger partial charge in [-0.1, -0.05) is 35.0 Å². The molecule has 7 heteroatoms. The van der Waals surface area contributed by atoms with Crippen molar-refractivity contribution in [3.63, 3.8) is 0 Å². The Hall–Kier alpha value is -1.56.